The molecule has 0 spiro atoms. The van der Waals surface area contributed by atoms with Crippen LogP contribution in [-0.2, 0) is 16.4 Å². The van der Waals surface area contributed by atoms with E-state index in [-0.39, 0.29) is 10.8 Å². The van der Waals surface area contributed by atoms with Gasteiger partial charge in [-0.2, -0.15) is 0 Å². The van der Waals surface area contributed by atoms with E-state index in [1.54, 1.807) is 24.3 Å². The highest BCUT2D eigenvalue weighted by Gasteiger charge is 2.21. The van der Waals surface area contributed by atoms with Crippen molar-refractivity contribution in [3.63, 3.8) is 0 Å². The highest BCUT2D eigenvalue weighted by molar-refractivity contribution is 7.92. The molecule has 0 heterocycles. The van der Waals surface area contributed by atoms with Crippen LogP contribution >= 0.6 is 0 Å². The summed E-state index contributed by atoms with van der Waals surface area (Å²) < 4.78 is 33.3. The van der Waals surface area contributed by atoms with Crippen molar-refractivity contribution >= 4 is 15.7 Å². The Kier molecular flexibility index (Phi) is 5.31. The highest BCUT2D eigenvalue weighted by Crippen LogP contribution is 2.29. The Hall–Kier alpha value is -2.01. The zero-order valence-electron chi connectivity index (χ0n) is 14.0. The summed E-state index contributed by atoms with van der Waals surface area (Å²) >= 11 is 0. The largest absolute Gasteiger partial charge is 0.495 e. The SMILES string of the molecule is CCc1ccc(NS(=O)(=O)c2cc(C(C)C)ccc2OC)cc1. The molecule has 4 nitrogen and oxygen atoms in total. The summed E-state index contributed by atoms with van der Waals surface area (Å²) in [5.41, 5.74) is 2.65. The lowest BCUT2D eigenvalue weighted by molar-refractivity contribution is 0.402. The quantitative estimate of drug-likeness (QED) is 0.862. The first-order chi connectivity index (χ1) is 10.9. The van der Waals surface area contributed by atoms with Crippen LogP contribution in [0.5, 0.6) is 5.75 Å². The van der Waals surface area contributed by atoms with Crippen LogP contribution < -0.4 is 9.46 Å². The lowest BCUT2D eigenvalue weighted by Gasteiger charge is -2.14. The third-order valence-corrected chi connectivity index (χ3v) is 5.16. The minimum atomic E-state index is -3.71. The van der Waals surface area contributed by atoms with Gasteiger partial charge in [0.1, 0.15) is 10.6 Å². The smallest absolute Gasteiger partial charge is 0.265 e. The summed E-state index contributed by atoms with van der Waals surface area (Å²) in [6, 6.07) is 12.6. The average Bonchev–Trinajstić information content (AvgIpc) is 2.54. The van der Waals surface area contributed by atoms with E-state index in [1.165, 1.54) is 7.11 Å². The van der Waals surface area contributed by atoms with Gasteiger partial charge < -0.3 is 4.74 Å². The van der Waals surface area contributed by atoms with E-state index < -0.39 is 10.0 Å². The lowest BCUT2D eigenvalue weighted by Crippen LogP contribution is -2.14. The van der Waals surface area contributed by atoms with Crippen LogP contribution in [0, 0.1) is 0 Å². The third-order valence-electron chi connectivity index (χ3n) is 3.76. The molecule has 0 unspecified atom stereocenters. The standard InChI is InChI=1S/C18H23NO3S/c1-5-14-6-9-16(10-7-14)19-23(20,21)18-12-15(13(2)3)8-11-17(18)22-4/h6-13,19H,5H2,1-4H3. The van der Waals surface area contributed by atoms with E-state index in [9.17, 15) is 8.42 Å². The van der Waals surface area contributed by atoms with Crippen LogP contribution in [0.4, 0.5) is 5.69 Å². The third kappa shape index (κ3) is 4.05. The van der Waals surface area contributed by atoms with Crippen LogP contribution in [0.25, 0.3) is 0 Å². The molecule has 23 heavy (non-hydrogen) atoms. The predicted octanol–water partition coefficient (Wildman–Crippen LogP) is 4.18. The van der Waals surface area contributed by atoms with Crippen molar-refractivity contribution in [3.8, 4) is 5.75 Å². The van der Waals surface area contributed by atoms with Gasteiger partial charge in [0.15, 0.2) is 0 Å². The second-order valence-corrected chi connectivity index (χ2v) is 7.37. The zero-order chi connectivity index (χ0) is 17.0. The molecule has 0 saturated carbocycles. The molecule has 124 valence electrons. The summed E-state index contributed by atoms with van der Waals surface area (Å²) in [4.78, 5) is 0.158. The van der Waals surface area contributed by atoms with Crippen molar-refractivity contribution in [2.24, 2.45) is 0 Å². The summed E-state index contributed by atoms with van der Waals surface area (Å²) in [6.45, 7) is 6.10. The van der Waals surface area contributed by atoms with Gasteiger partial charge in [-0.1, -0.05) is 39.0 Å². The van der Waals surface area contributed by atoms with Gasteiger partial charge in [0, 0.05) is 5.69 Å². The molecule has 0 saturated heterocycles. The molecule has 1 N–H and O–H groups in total. The molecular weight excluding hydrogens is 310 g/mol. The number of methoxy groups -OCH3 is 1. The van der Waals surface area contributed by atoms with E-state index in [0.29, 0.717) is 11.4 Å². The van der Waals surface area contributed by atoms with Gasteiger partial charge in [0.2, 0.25) is 0 Å². The molecule has 0 aliphatic heterocycles. The number of hydrogen-bond donors (Lipinski definition) is 1. The summed E-state index contributed by atoms with van der Waals surface area (Å²) in [6.07, 6.45) is 0.914. The van der Waals surface area contributed by atoms with Gasteiger partial charge in [0.05, 0.1) is 7.11 Å². The summed E-state index contributed by atoms with van der Waals surface area (Å²) in [5.74, 6) is 0.575. The number of sulfonamides is 1. The van der Waals surface area contributed by atoms with Crippen LogP contribution in [-0.4, -0.2) is 15.5 Å². The van der Waals surface area contributed by atoms with Gasteiger partial charge in [-0.3, -0.25) is 4.72 Å². The van der Waals surface area contributed by atoms with Gasteiger partial charge in [-0.25, -0.2) is 8.42 Å². The minimum absolute atomic E-state index is 0.158. The number of benzene rings is 2. The Morgan fingerprint density at radius 3 is 2.26 bits per heavy atom. The Labute approximate surface area is 138 Å². The van der Waals surface area contributed by atoms with E-state index in [1.807, 2.05) is 32.0 Å². The molecule has 0 amide bonds. The van der Waals surface area contributed by atoms with Crippen molar-refractivity contribution in [2.75, 3.05) is 11.8 Å². The van der Waals surface area contributed by atoms with E-state index >= 15 is 0 Å². The van der Waals surface area contributed by atoms with Crippen molar-refractivity contribution in [1.82, 2.24) is 0 Å². The second-order valence-electron chi connectivity index (χ2n) is 5.72. The number of nitrogens with one attached hydrogen (secondary N) is 1. The van der Waals surface area contributed by atoms with Gasteiger partial charge in [-0.05, 0) is 47.7 Å². The van der Waals surface area contributed by atoms with E-state index in [4.69, 9.17) is 4.74 Å². The first-order valence-corrected chi connectivity index (χ1v) is 9.15. The Morgan fingerprint density at radius 1 is 1.09 bits per heavy atom. The molecular formula is C18H23NO3S. The van der Waals surface area contributed by atoms with Crippen molar-refractivity contribution in [1.29, 1.82) is 0 Å². The minimum Gasteiger partial charge on any atom is -0.495 e. The van der Waals surface area contributed by atoms with Crippen molar-refractivity contribution < 1.29 is 13.2 Å². The molecule has 0 aliphatic rings. The molecule has 0 bridgehead atoms. The van der Waals surface area contributed by atoms with E-state index in [2.05, 4.69) is 11.6 Å². The van der Waals surface area contributed by atoms with Crippen LogP contribution in [0.1, 0.15) is 37.8 Å². The van der Waals surface area contributed by atoms with Crippen LogP contribution in [0.15, 0.2) is 47.4 Å². The van der Waals surface area contributed by atoms with Gasteiger partial charge in [0.25, 0.3) is 10.0 Å². The molecule has 5 heteroatoms. The fourth-order valence-corrected chi connectivity index (χ4v) is 3.54. The second kappa shape index (κ2) is 7.04. The molecule has 0 fully saturated rings. The molecule has 2 rings (SSSR count). The Bertz CT molecular complexity index is 765. The zero-order valence-corrected chi connectivity index (χ0v) is 14.8. The normalized spacial score (nSPS) is 11.5. The van der Waals surface area contributed by atoms with E-state index in [0.717, 1.165) is 17.5 Å². The maximum Gasteiger partial charge on any atom is 0.265 e. The first kappa shape index (κ1) is 17.3. The van der Waals surface area contributed by atoms with Gasteiger partial charge in [-0.15, -0.1) is 0 Å². The van der Waals surface area contributed by atoms with Crippen LogP contribution in [0.3, 0.4) is 0 Å². The molecule has 0 aromatic heterocycles. The van der Waals surface area contributed by atoms with Gasteiger partial charge >= 0.3 is 0 Å². The fourth-order valence-electron chi connectivity index (χ4n) is 2.28. The lowest BCUT2D eigenvalue weighted by atomic mass is 10.0. The topological polar surface area (TPSA) is 55.4 Å². The molecule has 0 aliphatic carbocycles. The maximum atomic E-state index is 12.7. The summed E-state index contributed by atoms with van der Waals surface area (Å²) in [5, 5.41) is 0. The number of ether oxygens (including phenoxy) is 1. The van der Waals surface area contributed by atoms with Crippen molar-refractivity contribution in [2.45, 2.75) is 38.0 Å². The monoisotopic (exact) mass is 333 g/mol. The van der Waals surface area contributed by atoms with Crippen molar-refractivity contribution in [3.05, 3.63) is 53.6 Å². The molecule has 2 aromatic rings. The van der Waals surface area contributed by atoms with Crippen LogP contribution in [0.2, 0.25) is 0 Å². The average molecular weight is 333 g/mol. The Morgan fingerprint density at radius 2 is 1.74 bits per heavy atom. The first-order valence-electron chi connectivity index (χ1n) is 7.67. The molecule has 0 radical (unpaired) electrons. The highest BCUT2D eigenvalue weighted by atomic mass is 32.2. The number of hydrogen-bond acceptors (Lipinski definition) is 3. The summed E-state index contributed by atoms with van der Waals surface area (Å²) in [7, 11) is -2.24. The maximum absolute atomic E-state index is 12.7. The fraction of sp³-hybridized carbons (Fsp3) is 0.333. The Balaban J connectivity index is 2.39. The number of rotatable bonds is 6. The predicted molar refractivity (Wildman–Crippen MR) is 93.7 cm³/mol. The molecule has 2 aromatic carbocycles. The molecule has 0 atom stereocenters. The number of aryl methyl sites for hydroxylation is 1. The number of anilines is 1.